The molecule has 0 amide bonds. The molecule has 1 aromatic rings. The highest BCUT2D eigenvalue weighted by Gasteiger charge is 2.26. The molecule has 4 nitrogen and oxygen atoms in total. The number of hydrogen-bond donors (Lipinski definition) is 0. The van der Waals surface area contributed by atoms with Crippen LogP contribution < -0.4 is 0 Å². The van der Waals surface area contributed by atoms with Gasteiger partial charge in [0.05, 0.1) is 0 Å². The number of nitrogens with zero attached hydrogens (tertiary/aromatic N) is 4. The number of hydrogen-bond acceptors (Lipinski definition) is 2. The molecule has 0 saturated carbocycles. The van der Waals surface area contributed by atoms with E-state index in [4.69, 9.17) is 5.53 Å². The molecule has 0 bridgehead atoms. The van der Waals surface area contributed by atoms with Crippen LogP contribution in [0.1, 0.15) is 39.2 Å². The van der Waals surface area contributed by atoms with Gasteiger partial charge in [-0.15, -0.1) is 0 Å². The van der Waals surface area contributed by atoms with Crippen LogP contribution in [0.3, 0.4) is 0 Å². The van der Waals surface area contributed by atoms with Crippen molar-refractivity contribution in [1.29, 1.82) is 0 Å². The summed E-state index contributed by atoms with van der Waals surface area (Å²) in [6.07, 6.45) is 3.68. The lowest BCUT2D eigenvalue weighted by Gasteiger charge is -2.41. The molecule has 0 atom stereocenters. The van der Waals surface area contributed by atoms with Gasteiger partial charge in [0.1, 0.15) is 0 Å². The zero-order chi connectivity index (χ0) is 14.6. The molecule has 1 saturated heterocycles. The Bertz CT molecular complexity index is 472. The van der Waals surface area contributed by atoms with Crippen molar-refractivity contribution in [2.24, 2.45) is 11.0 Å². The number of piperidine rings is 1. The van der Waals surface area contributed by atoms with E-state index in [2.05, 4.69) is 47.8 Å². The summed E-state index contributed by atoms with van der Waals surface area (Å²) >= 11 is 0. The first-order chi connectivity index (χ1) is 9.49. The Balaban J connectivity index is 1.88. The van der Waals surface area contributed by atoms with Gasteiger partial charge in [0.25, 0.3) is 0 Å². The van der Waals surface area contributed by atoms with Crippen molar-refractivity contribution < 1.29 is 0 Å². The van der Waals surface area contributed by atoms with Gasteiger partial charge < -0.3 is 0 Å². The molecule has 20 heavy (non-hydrogen) atoms. The van der Waals surface area contributed by atoms with E-state index in [0.29, 0.717) is 11.2 Å². The van der Waals surface area contributed by atoms with Gasteiger partial charge in [0, 0.05) is 16.1 Å². The molecule has 1 aliphatic rings. The van der Waals surface area contributed by atoms with E-state index >= 15 is 0 Å². The van der Waals surface area contributed by atoms with Crippen LogP contribution in [0.25, 0.3) is 10.4 Å². The molecule has 0 aromatic heterocycles. The lowest BCUT2D eigenvalue weighted by Crippen LogP contribution is -2.46. The van der Waals surface area contributed by atoms with Crippen molar-refractivity contribution in [3.63, 3.8) is 0 Å². The average Bonchev–Trinajstić information content (AvgIpc) is 2.41. The van der Waals surface area contributed by atoms with E-state index in [-0.39, 0.29) is 0 Å². The third-order valence-corrected chi connectivity index (χ3v) is 4.18. The van der Waals surface area contributed by atoms with Crippen molar-refractivity contribution in [1.82, 2.24) is 4.90 Å². The monoisotopic (exact) mass is 272 g/mol. The van der Waals surface area contributed by atoms with Crippen LogP contribution in [0.2, 0.25) is 0 Å². The molecule has 0 spiro atoms. The fraction of sp³-hybridized carbons (Fsp3) is 0.625. The van der Waals surface area contributed by atoms with E-state index in [1.807, 2.05) is 12.1 Å². The summed E-state index contributed by atoms with van der Waals surface area (Å²) in [5.74, 6) is 0.777. The Morgan fingerprint density at radius 3 is 2.30 bits per heavy atom. The zero-order valence-electron chi connectivity index (χ0n) is 12.7. The van der Waals surface area contributed by atoms with Crippen molar-refractivity contribution in [3.05, 3.63) is 40.3 Å². The van der Waals surface area contributed by atoms with Crippen LogP contribution in [0.15, 0.2) is 29.4 Å². The summed E-state index contributed by atoms with van der Waals surface area (Å²) in [7, 11) is 0. The predicted octanol–water partition coefficient (Wildman–Crippen LogP) is 4.68. The Hall–Kier alpha value is -1.51. The highest BCUT2D eigenvalue weighted by Crippen LogP contribution is 2.26. The molecule has 1 heterocycles. The van der Waals surface area contributed by atoms with E-state index in [0.717, 1.165) is 12.3 Å². The standard InChI is InChI=1S/C16H24N4/c1-16(2,3)20-10-8-14(9-11-20)12-13-4-6-15(7-5-13)18-19-17/h4-7,14H,8-12H2,1-3H3. The molecular formula is C16H24N4. The second-order valence-corrected chi connectivity index (χ2v) is 6.66. The van der Waals surface area contributed by atoms with E-state index in [1.165, 1.54) is 31.5 Å². The molecule has 2 rings (SSSR count). The third kappa shape index (κ3) is 3.99. The first-order valence-electron chi connectivity index (χ1n) is 7.38. The van der Waals surface area contributed by atoms with Gasteiger partial charge in [-0.25, -0.2) is 0 Å². The van der Waals surface area contributed by atoms with Crippen molar-refractivity contribution in [2.75, 3.05) is 13.1 Å². The smallest absolute Gasteiger partial charge is 0.0375 e. The van der Waals surface area contributed by atoms with Gasteiger partial charge in [0.15, 0.2) is 0 Å². The van der Waals surface area contributed by atoms with Gasteiger partial charge >= 0.3 is 0 Å². The minimum absolute atomic E-state index is 0.294. The van der Waals surface area contributed by atoms with Crippen LogP contribution in [-0.4, -0.2) is 23.5 Å². The van der Waals surface area contributed by atoms with Gasteiger partial charge in [-0.05, 0) is 70.1 Å². The number of benzene rings is 1. The van der Waals surface area contributed by atoms with E-state index in [1.54, 1.807) is 0 Å². The van der Waals surface area contributed by atoms with E-state index < -0.39 is 0 Å². The fourth-order valence-electron chi connectivity index (χ4n) is 2.89. The summed E-state index contributed by atoms with van der Waals surface area (Å²) in [6, 6.07) is 7.97. The predicted molar refractivity (Wildman–Crippen MR) is 83.0 cm³/mol. The lowest BCUT2D eigenvalue weighted by molar-refractivity contribution is 0.0876. The Labute approximate surface area is 121 Å². The quantitative estimate of drug-likeness (QED) is 0.447. The fourth-order valence-corrected chi connectivity index (χ4v) is 2.89. The first kappa shape index (κ1) is 14.9. The summed E-state index contributed by atoms with van der Waals surface area (Å²) in [5.41, 5.74) is 10.7. The molecule has 1 aliphatic heterocycles. The van der Waals surface area contributed by atoms with Crippen LogP contribution in [0.5, 0.6) is 0 Å². The van der Waals surface area contributed by atoms with Crippen molar-refractivity contribution >= 4 is 5.69 Å². The number of azide groups is 1. The SMILES string of the molecule is CC(C)(C)N1CCC(Cc2ccc(N=[N+]=[N-])cc2)CC1. The first-order valence-corrected chi connectivity index (χ1v) is 7.38. The number of rotatable bonds is 3. The lowest BCUT2D eigenvalue weighted by atomic mass is 9.88. The molecular weight excluding hydrogens is 248 g/mol. The minimum Gasteiger partial charge on any atom is -0.298 e. The van der Waals surface area contributed by atoms with Gasteiger partial charge in [-0.3, -0.25) is 4.90 Å². The zero-order valence-corrected chi connectivity index (χ0v) is 12.7. The third-order valence-electron chi connectivity index (χ3n) is 4.18. The summed E-state index contributed by atoms with van der Waals surface area (Å²) in [6.45, 7) is 9.28. The summed E-state index contributed by atoms with van der Waals surface area (Å²) in [5, 5.41) is 3.61. The second-order valence-electron chi connectivity index (χ2n) is 6.66. The highest BCUT2D eigenvalue weighted by molar-refractivity contribution is 5.38. The molecule has 0 N–H and O–H groups in total. The van der Waals surface area contributed by atoms with Crippen LogP contribution in [-0.2, 0) is 6.42 Å². The van der Waals surface area contributed by atoms with Crippen LogP contribution in [0, 0.1) is 5.92 Å². The maximum Gasteiger partial charge on any atom is 0.0375 e. The maximum absolute atomic E-state index is 8.39. The number of likely N-dealkylation sites (tertiary alicyclic amines) is 1. The maximum atomic E-state index is 8.39. The van der Waals surface area contributed by atoms with Gasteiger partial charge in [-0.2, -0.15) is 0 Å². The van der Waals surface area contributed by atoms with Gasteiger partial charge in [0.2, 0.25) is 0 Å². The van der Waals surface area contributed by atoms with E-state index in [9.17, 15) is 0 Å². The van der Waals surface area contributed by atoms with Crippen LogP contribution in [0.4, 0.5) is 5.69 Å². The molecule has 0 unspecified atom stereocenters. The Morgan fingerprint density at radius 1 is 1.20 bits per heavy atom. The molecule has 108 valence electrons. The second kappa shape index (κ2) is 6.29. The topological polar surface area (TPSA) is 52.0 Å². The molecule has 0 radical (unpaired) electrons. The molecule has 0 aliphatic carbocycles. The Kier molecular flexibility index (Phi) is 4.69. The molecule has 1 aromatic carbocycles. The molecule has 1 fully saturated rings. The minimum atomic E-state index is 0.294. The normalized spacial score (nSPS) is 17.8. The van der Waals surface area contributed by atoms with Gasteiger partial charge in [-0.1, -0.05) is 29.4 Å². The largest absolute Gasteiger partial charge is 0.298 e. The Morgan fingerprint density at radius 2 is 1.80 bits per heavy atom. The van der Waals surface area contributed by atoms with Crippen molar-refractivity contribution in [3.8, 4) is 0 Å². The van der Waals surface area contributed by atoms with Crippen molar-refractivity contribution in [2.45, 2.75) is 45.6 Å². The summed E-state index contributed by atoms with van der Waals surface area (Å²) < 4.78 is 0. The highest BCUT2D eigenvalue weighted by atomic mass is 15.2. The average molecular weight is 272 g/mol. The molecule has 4 heteroatoms. The van der Waals surface area contributed by atoms with Crippen LogP contribution >= 0.6 is 0 Å². The summed E-state index contributed by atoms with van der Waals surface area (Å²) in [4.78, 5) is 5.38.